The standard InChI is InChI=1S/C15H23NO8/c1-7(17)16(24-8(2)18)12-10-9(20-14(3,4)21-10)11-13(19-12)23-15(5,6)22-11/h9-13H,1-6H3/t9-,10+,11+,12-,13+/m0/s1. The third-order valence-electron chi connectivity index (χ3n) is 3.90. The quantitative estimate of drug-likeness (QED) is 0.640. The first-order valence-corrected chi connectivity index (χ1v) is 7.84. The normalized spacial score (nSPS) is 39.0. The molecule has 0 N–H and O–H groups in total. The van der Waals surface area contributed by atoms with Crippen LogP contribution in [-0.4, -0.2) is 59.3 Å². The van der Waals surface area contributed by atoms with Gasteiger partial charge < -0.3 is 28.5 Å². The van der Waals surface area contributed by atoms with Crippen LogP contribution in [0.15, 0.2) is 0 Å². The van der Waals surface area contributed by atoms with Crippen LogP contribution in [-0.2, 0) is 38.1 Å². The second-order valence-corrected chi connectivity index (χ2v) is 6.99. The van der Waals surface area contributed by atoms with E-state index in [0.29, 0.717) is 0 Å². The summed E-state index contributed by atoms with van der Waals surface area (Å²) >= 11 is 0. The molecule has 0 aromatic rings. The number of ether oxygens (including phenoxy) is 5. The van der Waals surface area contributed by atoms with E-state index in [9.17, 15) is 9.59 Å². The van der Waals surface area contributed by atoms with E-state index in [0.717, 1.165) is 5.06 Å². The van der Waals surface area contributed by atoms with Gasteiger partial charge in [-0.1, -0.05) is 0 Å². The molecule has 3 fully saturated rings. The summed E-state index contributed by atoms with van der Waals surface area (Å²) < 4.78 is 29.3. The Labute approximate surface area is 140 Å². The summed E-state index contributed by atoms with van der Waals surface area (Å²) in [7, 11) is 0. The molecule has 3 saturated heterocycles. The van der Waals surface area contributed by atoms with Crippen molar-refractivity contribution >= 4 is 11.9 Å². The van der Waals surface area contributed by atoms with Crippen molar-refractivity contribution in [1.29, 1.82) is 0 Å². The predicted octanol–water partition coefficient (Wildman–Crippen LogP) is 0.667. The van der Waals surface area contributed by atoms with E-state index in [2.05, 4.69) is 0 Å². The number of carbonyl (C=O) groups is 2. The zero-order valence-electron chi connectivity index (χ0n) is 14.6. The van der Waals surface area contributed by atoms with E-state index in [1.165, 1.54) is 13.8 Å². The highest BCUT2D eigenvalue weighted by molar-refractivity contribution is 5.75. The lowest BCUT2D eigenvalue weighted by atomic mass is 10.0. The lowest BCUT2D eigenvalue weighted by Crippen LogP contribution is -2.61. The van der Waals surface area contributed by atoms with Crippen molar-refractivity contribution < 1.29 is 38.1 Å². The monoisotopic (exact) mass is 345 g/mol. The molecule has 24 heavy (non-hydrogen) atoms. The van der Waals surface area contributed by atoms with Crippen molar-refractivity contribution in [2.45, 2.75) is 83.9 Å². The average molecular weight is 345 g/mol. The highest BCUT2D eigenvalue weighted by atomic mass is 16.9. The van der Waals surface area contributed by atoms with Crippen molar-refractivity contribution in [3.63, 3.8) is 0 Å². The van der Waals surface area contributed by atoms with E-state index < -0.39 is 54.3 Å². The van der Waals surface area contributed by atoms with Crippen LogP contribution in [0.1, 0.15) is 41.5 Å². The van der Waals surface area contributed by atoms with Crippen molar-refractivity contribution in [2.24, 2.45) is 0 Å². The summed E-state index contributed by atoms with van der Waals surface area (Å²) in [6.45, 7) is 9.49. The number of carbonyl (C=O) groups excluding carboxylic acids is 2. The maximum Gasteiger partial charge on any atom is 0.329 e. The van der Waals surface area contributed by atoms with Crippen molar-refractivity contribution in [3.05, 3.63) is 0 Å². The minimum absolute atomic E-state index is 0.501. The van der Waals surface area contributed by atoms with E-state index in [1.807, 2.05) is 0 Å². The van der Waals surface area contributed by atoms with Crippen LogP contribution < -0.4 is 0 Å². The minimum Gasteiger partial charge on any atom is -0.341 e. The molecule has 9 nitrogen and oxygen atoms in total. The van der Waals surface area contributed by atoms with Gasteiger partial charge in [0.1, 0.15) is 18.3 Å². The smallest absolute Gasteiger partial charge is 0.329 e. The Bertz CT molecular complexity index is 548. The maximum absolute atomic E-state index is 11.9. The Morgan fingerprint density at radius 3 is 2.00 bits per heavy atom. The Morgan fingerprint density at radius 1 is 0.875 bits per heavy atom. The molecule has 0 aromatic heterocycles. The molecule has 0 unspecified atom stereocenters. The summed E-state index contributed by atoms with van der Waals surface area (Å²) in [5.74, 6) is -2.91. The predicted molar refractivity (Wildman–Crippen MR) is 76.8 cm³/mol. The molecule has 136 valence electrons. The number of hydrogen-bond acceptors (Lipinski definition) is 8. The van der Waals surface area contributed by atoms with Crippen LogP contribution in [0.3, 0.4) is 0 Å². The zero-order valence-corrected chi connectivity index (χ0v) is 14.6. The largest absolute Gasteiger partial charge is 0.341 e. The second-order valence-electron chi connectivity index (χ2n) is 6.99. The van der Waals surface area contributed by atoms with Gasteiger partial charge in [0.2, 0.25) is 0 Å². The van der Waals surface area contributed by atoms with Crippen LogP contribution in [0.5, 0.6) is 0 Å². The summed E-state index contributed by atoms with van der Waals surface area (Å²) in [6.07, 6.45) is -3.53. The number of hydrogen-bond donors (Lipinski definition) is 0. The Balaban J connectivity index is 1.92. The molecule has 0 aliphatic carbocycles. The molecule has 3 aliphatic rings. The number of rotatable bonds is 1. The highest BCUT2D eigenvalue weighted by Crippen LogP contribution is 2.44. The summed E-state index contributed by atoms with van der Waals surface area (Å²) in [5.41, 5.74) is 0. The second kappa shape index (κ2) is 5.63. The number of nitrogens with zero attached hydrogens (tertiary/aromatic N) is 1. The molecule has 5 atom stereocenters. The minimum atomic E-state index is -1.00. The Kier molecular flexibility index (Phi) is 4.12. The number of hydroxylamine groups is 2. The van der Waals surface area contributed by atoms with Gasteiger partial charge in [0.15, 0.2) is 24.1 Å². The lowest BCUT2D eigenvalue weighted by Gasteiger charge is -2.40. The molecular weight excluding hydrogens is 322 g/mol. The molecule has 0 aromatic carbocycles. The molecule has 0 spiro atoms. The van der Waals surface area contributed by atoms with Gasteiger partial charge in [0.05, 0.1) is 0 Å². The first kappa shape index (κ1) is 17.6. The van der Waals surface area contributed by atoms with E-state index in [-0.39, 0.29) is 0 Å². The summed E-state index contributed by atoms with van der Waals surface area (Å²) in [4.78, 5) is 28.3. The molecule has 0 radical (unpaired) electrons. The van der Waals surface area contributed by atoms with Crippen LogP contribution in [0.4, 0.5) is 0 Å². The molecule has 1 amide bonds. The van der Waals surface area contributed by atoms with Gasteiger partial charge in [0, 0.05) is 13.8 Å². The van der Waals surface area contributed by atoms with Gasteiger partial charge in [-0.25, -0.2) is 0 Å². The third kappa shape index (κ3) is 3.14. The van der Waals surface area contributed by atoms with E-state index in [1.54, 1.807) is 27.7 Å². The van der Waals surface area contributed by atoms with Crippen LogP contribution in [0.25, 0.3) is 0 Å². The number of fused-ring (bicyclic) bond motifs is 3. The fraction of sp³-hybridized carbons (Fsp3) is 0.867. The van der Waals surface area contributed by atoms with Crippen molar-refractivity contribution in [2.75, 3.05) is 0 Å². The first-order valence-electron chi connectivity index (χ1n) is 7.84. The molecule has 0 saturated carbocycles. The van der Waals surface area contributed by atoms with Crippen molar-refractivity contribution in [1.82, 2.24) is 5.06 Å². The molecular formula is C15H23NO8. The third-order valence-corrected chi connectivity index (χ3v) is 3.90. The molecule has 9 heteroatoms. The lowest BCUT2D eigenvalue weighted by molar-refractivity contribution is -0.314. The van der Waals surface area contributed by atoms with Crippen LogP contribution in [0, 0.1) is 0 Å². The Morgan fingerprint density at radius 2 is 1.42 bits per heavy atom. The molecule has 0 bridgehead atoms. The fourth-order valence-electron chi connectivity index (χ4n) is 3.21. The van der Waals surface area contributed by atoms with Gasteiger partial charge in [-0.3, -0.25) is 9.59 Å². The first-order chi connectivity index (χ1) is 11.0. The topological polar surface area (TPSA) is 92.8 Å². The Hall–Kier alpha value is -1.26. The zero-order chi connectivity index (χ0) is 17.9. The van der Waals surface area contributed by atoms with Gasteiger partial charge in [-0.2, -0.15) is 0 Å². The van der Waals surface area contributed by atoms with Gasteiger partial charge in [-0.05, 0) is 27.7 Å². The van der Waals surface area contributed by atoms with E-state index >= 15 is 0 Å². The van der Waals surface area contributed by atoms with Crippen molar-refractivity contribution in [3.8, 4) is 0 Å². The van der Waals surface area contributed by atoms with Gasteiger partial charge in [-0.15, -0.1) is 5.06 Å². The molecule has 3 heterocycles. The molecule has 3 rings (SSSR count). The summed E-state index contributed by atoms with van der Waals surface area (Å²) in [6, 6.07) is 0. The van der Waals surface area contributed by atoms with Gasteiger partial charge in [0.25, 0.3) is 5.91 Å². The van der Waals surface area contributed by atoms with E-state index in [4.69, 9.17) is 28.5 Å². The average Bonchev–Trinajstić information content (AvgIpc) is 2.89. The molecule has 3 aliphatic heterocycles. The van der Waals surface area contributed by atoms with Crippen LogP contribution >= 0.6 is 0 Å². The van der Waals surface area contributed by atoms with Crippen LogP contribution in [0.2, 0.25) is 0 Å². The summed E-state index contributed by atoms with van der Waals surface area (Å²) in [5, 5.41) is 0.857. The number of amides is 1. The fourth-order valence-corrected chi connectivity index (χ4v) is 3.21. The highest BCUT2D eigenvalue weighted by Gasteiger charge is 2.62. The SMILES string of the molecule is CC(=O)ON(C(C)=O)[C@H]1O[C@@H]2OC(C)(C)O[C@@H]2[C@H]2OC(C)(C)O[C@H]21. The maximum atomic E-state index is 11.9. The van der Waals surface area contributed by atoms with Gasteiger partial charge >= 0.3 is 5.97 Å².